The molecule has 0 aliphatic heterocycles. The fraction of sp³-hybridized carbons (Fsp3) is 0.400. The van der Waals surface area contributed by atoms with E-state index in [0.29, 0.717) is 11.5 Å². The van der Waals surface area contributed by atoms with Crippen LogP contribution in [0.3, 0.4) is 0 Å². The number of unbranched alkanes of at least 4 members (excludes halogenated alkanes) is 10. The maximum absolute atomic E-state index is 11.4. The van der Waals surface area contributed by atoms with E-state index in [4.69, 9.17) is 9.47 Å². The minimum atomic E-state index is -4.57. The van der Waals surface area contributed by atoms with Crippen LogP contribution < -0.4 is 9.47 Å². The molecule has 0 unspecified atom stereocenters. The summed E-state index contributed by atoms with van der Waals surface area (Å²) in [5.74, 6) is 1.36. The third-order valence-corrected chi connectivity index (χ3v) is 9.97. The summed E-state index contributed by atoms with van der Waals surface area (Å²) in [6, 6.07) is 27.0. The van der Waals surface area contributed by atoms with Gasteiger partial charge in [0.05, 0.1) is 9.79 Å². The van der Waals surface area contributed by atoms with Crippen molar-refractivity contribution in [1.29, 1.82) is 0 Å². The van der Waals surface area contributed by atoms with Crippen molar-refractivity contribution in [2.75, 3.05) is 0 Å². The average molecular weight is 763 g/mol. The van der Waals surface area contributed by atoms with Crippen LogP contribution in [0.4, 0.5) is 0 Å². The monoisotopic (exact) mass is 762 g/mol. The largest absolute Gasteiger partial charge is 2.00 e. The minimum absolute atomic E-state index is 0. The Balaban J connectivity index is 0.000000347. The first kappa shape index (κ1) is 44.7. The van der Waals surface area contributed by atoms with Crippen molar-refractivity contribution in [2.45, 2.75) is 114 Å². The van der Waals surface area contributed by atoms with Crippen molar-refractivity contribution in [1.82, 2.24) is 0 Å². The van der Waals surface area contributed by atoms with Crippen LogP contribution in [0, 0.1) is 0 Å². The molecule has 11 heteroatoms. The summed E-state index contributed by atoms with van der Waals surface area (Å²) in [5, 5.41) is 0. The molecule has 0 saturated heterocycles. The standard InChI is InChI=1S/2C20H26O4S.Ca/c2*1-2-3-4-5-6-7-12-17-13-8-9-14-18(17)24-19-15-10-11-16-20(19)25(21,22)23;/h2*8-11,13-16H,2-7,12H2,1H3,(H,21,22,23);/q;;+2/p-2. The topological polar surface area (TPSA) is 133 Å². The van der Waals surface area contributed by atoms with Gasteiger partial charge in [-0.15, -0.1) is 0 Å². The van der Waals surface area contributed by atoms with Gasteiger partial charge >= 0.3 is 37.7 Å². The van der Waals surface area contributed by atoms with E-state index in [1.54, 1.807) is 24.3 Å². The van der Waals surface area contributed by atoms with Crippen molar-refractivity contribution in [3.63, 3.8) is 0 Å². The summed E-state index contributed by atoms with van der Waals surface area (Å²) in [6.07, 6.45) is 16.2. The zero-order valence-electron chi connectivity index (χ0n) is 29.9. The quantitative estimate of drug-likeness (QED) is 0.0494. The SMILES string of the molecule is CCCCCCCCc1ccccc1Oc1ccccc1S(=O)(=O)[O-].CCCCCCCCc1ccccc1Oc1ccccc1S(=O)(=O)[O-].[Ca+2]. The molecule has 8 nitrogen and oxygen atoms in total. The predicted molar refractivity (Wildman–Crippen MR) is 202 cm³/mol. The first-order valence-electron chi connectivity index (χ1n) is 17.7. The summed E-state index contributed by atoms with van der Waals surface area (Å²) in [6.45, 7) is 4.40. The van der Waals surface area contributed by atoms with E-state index < -0.39 is 20.2 Å². The number of hydrogen-bond acceptors (Lipinski definition) is 8. The van der Waals surface area contributed by atoms with Crippen LogP contribution in [-0.4, -0.2) is 63.7 Å². The van der Waals surface area contributed by atoms with Crippen molar-refractivity contribution in [3.05, 3.63) is 108 Å². The molecule has 4 aromatic carbocycles. The molecule has 0 saturated carbocycles. The predicted octanol–water partition coefficient (Wildman–Crippen LogP) is 10.2. The number of benzene rings is 4. The molecule has 0 aliphatic carbocycles. The van der Waals surface area contributed by atoms with Crippen molar-refractivity contribution < 1.29 is 35.4 Å². The van der Waals surface area contributed by atoms with Crippen LogP contribution in [0.25, 0.3) is 0 Å². The summed E-state index contributed by atoms with van der Waals surface area (Å²) < 4.78 is 79.9. The summed E-state index contributed by atoms with van der Waals surface area (Å²) in [7, 11) is -9.14. The van der Waals surface area contributed by atoms with Gasteiger partial charge in [0, 0.05) is 0 Å². The molecule has 0 fully saturated rings. The summed E-state index contributed by atoms with van der Waals surface area (Å²) >= 11 is 0. The van der Waals surface area contributed by atoms with E-state index in [0.717, 1.165) is 36.8 Å². The normalized spacial score (nSPS) is 11.2. The molecule has 0 heterocycles. The molecule has 0 atom stereocenters. The molecule has 272 valence electrons. The number of para-hydroxylation sites is 4. The summed E-state index contributed by atoms with van der Waals surface area (Å²) in [4.78, 5) is -0.659. The Kier molecular flexibility index (Phi) is 21.0. The van der Waals surface area contributed by atoms with Crippen LogP contribution in [0.5, 0.6) is 23.0 Å². The molecule has 0 N–H and O–H groups in total. The molecule has 4 rings (SSSR count). The number of ether oxygens (including phenoxy) is 2. The molecule has 0 aliphatic rings. The number of aryl methyl sites for hydroxylation is 2. The Morgan fingerprint density at radius 1 is 0.431 bits per heavy atom. The van der Waals surface area contributed by atoms with Gasteiger partial charge in [-0.1, -0.05) is 139 Å². The minimum Gasteiger partial charge on any atom is -0.744 e. The molecule has 0 amide bonds. The molecular formula is C40H50CaO8S2. The van der Waals surface area contributed by atoms with Gasteiger partial charge in [0.25, 0.3) is 0 Å². The maximum Gasteiger partial charge on any atom is 2.00 e. The average Bonchev–Trinajstić information content (AvgIpc) is 3.09. The van der Waals surface area contributed by atoms with Crippen LogP contribution >= 0.6 is 0 Å². The van der Waals surface area contributed by atoms with Gasteiger partial charge in [-0.3, -0.25) is 0 Å². The van der Waals surface area contributed by atoms with Crippen molar-refractivity contribution in [3.8, 4) is 23.0 Å². The van der Waals surface area contributed by atoms with Gasteiger partial charge < -0.3 is 18.6 Å². The van der Waals surface area contributed by atoms with Crippen LogP contribution in [-0.2, 0) is 33.1 Å². The van der Waals surface area contributed by atoms with Gasteiger partial charge in [-0.25, -0.2) is 16.8 Å². The van der Waals surface area contributed by atoms with Gasteiger partial charge in [0.15, 0.2) is 0 Å². The van der Waals surface area contributed by atoms with Crippen LogP contribution in [0.1, 0.15) is 102 Å². The smallest absolute Gasteiger partial charge is 0.744 e. The van der Waals surface area contributed by atoms with Gasteiger partial charge in [-0.05, 0) is 73.2 Å². The molecule has 0 aromatic heterocycles. The fourth-order valence-corrected chi connectivity index (χ4v) is 6.73. The zero-order valence-corrected chi connectivity index (χ0v) is 33.8. The van der Waals surface area contributed by atoms with E-state index in [1.807, 2.05) is 36.4 Å². The first-order chi connectivity index (χ1) is 24.0. The molecule has 0 bridgehead atoms. The van der Waals surface area contributed by atoms with E-state index in [2.05, 4.69) is 13.8 Å². The molecule has 0 radical (unpaired) electrons. The third-order valence-electron chi connectivity index (χ3n) is 8.22. The first-order valence-corrected chi connectivity index (χ1v) is 20.5. The maximum atomic E-state index is 11.4. The van der Waals surface area contributed by atoms with Gasteiger partial charge in [0.1, 0.15) is 43.2 Å². The molecular weight excluding hydrogens is 713 g/mol. The fourth-order valence-electron chi connectivity index (χ4n) is 5.53. The van der Waals surface area contributed by atoms with Gasteiger partial charge in [0.2, 0.25) is 0 Å². The Morgan fingerprint density at radius 3 is 1.08 bits per heavy atom. The third kappa shape index (κ3) is 16.4. The van der Waals surface area contributed by atoms with E-state index >= 15 is 0 Å². The summed E-state index contributed by atoms with van der Waals surface area (Å²) in [5.41, 5.74) is 2.05. The van der Waals surface area contributed by atoms with Crippen LogP contribution in [0.15, 0.2) is 107 Å². The second kappa shape index (κ2) is 24.0. The number of rotatable bonds is 20. The molecule has 0 spiro atoms. The Labute approximate surface area is 335 Å². The van der Waals surface area contributed by atoms with E-state index in [1.165, 1.54) is 101 Å². The van der Waals surface area contributed by atoms with E-state index in [-0.39, 0.29) is 59.0 Å². The Hall–Kier alpha value is -2.44. The Morgan fingerprint density at radius 2 is 0.725 bits per heavy atom. The molecule has 4 aromatic rings. The van der Waals surface area contributed by atoms with Gasteiger partial charge in [-0.2, -0.15) is 0 Å². The number of hydrogen-bond donors (Lipinski definition) is 0. The van der Waals surface area contributed by atoms with E-state index in [9.17, 15) is 25.9 Å². The van der Waals surface area contributed by atoms with Crippen molar-refractivity contribution >= 4 is 58.0 Å². The second-order valence-corrected chi connectivity index (χ2v) is 15.0. The van der Waals surface area contributed by atoms with Crippen molar-refractivity contribution in [2.24, 2.45) is 0 Å². The molecule has 51 heavy (non-hydrogen) atoms. The Bertz CT molecular complexity index is 1680. The second-order valence-electron chi connectivity index (χ2n) is 12.3. The van der Waals surface area contributed by atoms with Crippen LogP contribution in [0.2, 0.25) is 0 Å². The zero-order chi connectivity index (χ0) is 36.2.